The highest BCUT2D eigenvalue weighted by molar-refractivity contribution is 6.01. The Balaban J connectivity index is 1.70. The van der Waals surface area contributed by atoms with Crippen LogP contribution in [0.15, 0.2) is 66.7 Å². The molecule has 37 heavy (non-hydrogen) atoms. The Morgan fingerprint density at radius 3 is 2.38 bits per heavy atom. The summed E-state index contributed by atoms with van der Waals surface area (Å²) >= 11 is 0. The number of aliphatic carboxylic acids is 1. The van der Waals surface area contributed by atoms with Crippen LogP contribution in [0.2, 0.25) is 0 Å². The SMILES string of the molecule is COc1cc(NC(=O)C(Cc2ccccc2)NC(=O)CNC(=O)C(N)CCC(=O)O)cc2ccccc12. The summed E-state index contributed by atoms with van der Waals surface area (Å²) in [5, 5.41) is 18.4. The topological polar surface area (TPSA) is 160 Å². The Morgan fingerprint density at radius 2 is 1.68 bits per heavy atom. The minimum absolute atomic E-state index is 0.0585. The number of ether oxygens (including phenoxy) is 1. The number of carboxylic acids is 1. The van der Waals surface area contributed by atoms with Gasteiger partial charge in [-0.2, -0.15) is 0 Å². The van der Waals surface area contributed by atoms with Gasteiger partial charge in [-0.25, -0.2) is 0 Å². The average molecular weight is 507 g/mol. The van der Waals surface area contributed by atoms with Crippen molar-refractivity contribution in [3.63, 3.8) is 0 Å². The van der Waals surface area contributed by atoms with Crippen molar-refractivity contribution in [3.8, 4) is 5.75 Å². The van der Waals surface area contributed by atoms with Gasteiger partial charge in [0.25, 0.3) is 0 Å². The van der Waals surface area contributed by atoms with Gasteiger partial charge in [-0.05, 0) is 23.4 Å². The third-order valence-electron chi connectivity index (χ3n) is 5.67. The number of nitrogens with one attached hydrogen (secondary N) is 3. The summed E-state index contributed by atoms with van der Waals surface area (Å²) in [6.45, 7) is -0.415. The first-order valence-corrected chi connectivity index (χ1v) is 11.7. The number of hydrogen-bond acceptors (Lipinski definition) is 6. The van der Waals surface area contributed by atoms with Gasteiger partial charge in [0.2, 0.25) is 17.7 Å². The molecule has 0 aliphatic rings. The molecule has 3 aromatic rings. The molecule has 0 spiro atoms. The van der Waals surface area contributed by atoms with E-state index < -0.39 is 42.3 Å². The summed E-state index contributed by atoms with van der Waals surface area (Å²) in [7, 11) is 1.55. The Morgan fingerprint density at radius 1 is 0.973 bits per heavy atom. The summed E-state index contributed by atoms with van der Waals surface area (Å²) in [6, 6.07) is 18.3. The lowest BCUT2D eigenvalue weighted by atomic mass is 10.0. The minimum atomic E-state index is -1.07. The number of benzene rings is 3. The summed E-state index contributed by atoms with van der Waals surface area (Å²) in [5.41, 5.74) is 7.01. The van der Waals surface area contributed by atoms with E-state index >= 15 is 0 Å². The Hall–Kier alpha value is -4.44. The van der Waals surface area contributed by atoms with Crippen molar-refractivity contribution in [1.29, 1.82) is 0 Å². The molecule has 10 nitrogen and oxygen atoms in total. The molecule has 3 rings (SSSR count). The number of hydrogen-bond donors (Lipinski definition) is 5. The molecule has 0 fully saturated rings. The second-order valence-electron chi connectivity index (χ2n) is 8.46. The quantitative estimate of drug-likeness (QED) is 0.250. The fourth-order valence-corrected chi connectivity index (χ4v) is 3.76. The van der Waals surface area contributed by atoms with Crippen LogP contribution in [0.1, 0.15) is 18.4 Å². The number of amides is 3. The smallest absolute Gasteiger partial charge is 0.303 e. The van der Waals surface area contributed by atoms with Gasteiger partial charge in [-0.15, -0.1) is 0 Å². The monoisotopic (exact) mass is 506 g/mol. The van der Waals surface area contributed by atoms with E-state index in [4.69, 9.17) is 15.6 Å². The number of methoxy groups -OCH3 is 1. The van der Waals surface area contributed by atoms with Gasteiger partial charge in [0, 0.05) is 30.0 Å². The van der Waals surface area contributed by atoms with Crippen LogP contribution in [0.4, 0.5) is 5.69 Å². The predicted molar refractivity (Wildman–Crippen MR) is 139 cm³/mol. The average Bonchev–Trinajstić information content (AvgIpc) is 2.89. The van der Waals surface area contributed by atoms with Crippen LogP contribution in [0.5, 0.6) is 5.75 Å². The lowest BCUT2D eigenvalue weighted by Crippen LogP contribution is -2.50. The van der Waals surface area contributed by atoms with Crippen LogP contribution in [0.25, 0.3) is 10.8 Å². The van der Waals surface area contributed by atoms with E-state index in [1.54, 1.807) is 13.2 Å². The maximum Gasteiger partial charge on any atom is 0.303 e. The Bertz CT molecular complexity index is 1260. The molecule has 0 aromatic heterocycles. The van der Waals surface area contributed by atoms with Crippen LogP contribution in [0.3, 0.4) is 0 Å². The highest BCUT2D eigenvalue weighted by Gasteiger charge is 2.23. The molecule has 0 heterocycles. The van der Waals surface area contributed by atoms with E-state index in [0.29, 0.717) is 11.4 Å². The van der Waals surface area contributed by atoms with Crippen LogP contribution >= 0.6 is 0 Å². The van der Waals surface area contributed by atoms with Crippen molar-refractivity contribution in [2.45, 2.75) is 31.3 Å². The van der Waals surface area contributed by atoms with Crippen molar-refractivity contribution in [3.05, 3.63) is 72.3 Å². The summed E-state index contributed by atoms with van der Waals surface area (Å²) in [5.74, 6) is -2.16. The standard InChI is InChI=1S/C27H30N4O6/c1-37-23-15-19(14-18-9-5-6-10-20(18)23)30-27(36)22(13-17-7-3-2-4-8-17)31-24(32)16-29-26(35)21(28)11-12-25(33)34/h2-10,14-15,21-22H,11-13,16,28H2,1H3,(H,29,35)(H,30,36)(H,31,32)(H,33,34). The van der Waals surface area contributed by atoms with Crippen molar-refractivity contribution < 1.29 is 29.0 Å². The predicted octanol–water partition coefficient (Wildman–Crippen LogP) is 1.82. The van der Waals surface area contributed by atoms with Gasteiger partial charge in [-0.1, -0.05) is 54.6 Å². The number of nitrogens with two attached hydrogens (primary N) is 1. The number of carboxylic acid groups (broad SMARTS) is 1. The second-order valence-corrected chi connectivity index (χ2v) is 8.46. The molecular formula is C27H30N4O6. The van der Waals surface area contributed by atoms with Gasteiger partial charge >= 0.3 is 5.97 Å². The number of rotatable bonds is 12. The molecule has 0 radical (unpaired) electrons. The Labute approximate surface area is 214 Å². The molecule has 0 aliphatic carbocycles. The second kappa shape index (κ2) is 13.0. The van der Waals surface area contributed by atoms with Crippen molar-refractivity contribution in [1.82, 2.24) is 10.6 Å². The third-order valence-corrected chi connectivity index (χ3v) is 5.67. The summed E-state index contributed by atoms with van der Waals surface area (Å²) in [6.07, 6.45) is -0.105. The molecule has 6 N–H and O–H groups in total. The number of carbonyl (C=O) groups is 4. The fraction of sp³-hybridized carbons (Fsp3) is 0.259. The Kier molecular flexibility index (Phi) is 9.56. The third kappa shape index (κ3) is 8.04. The van der Waals surface area contributed by atoms with E-state index in [0.717, 1.165) is 16.3 Å². The molecule has 10 heteroatoms. The first kappa shape index (κ1) is 27.2. The first-order valence-electron chi connectivity index (χ1n) is 11.7. The zero-order chi connectivity index (χ0) is 26.8. The van der Waals surface area contributed by atoms with E-state index in [2.05, 4.69) is 16.0 Å². The number of anilines is 1. The zero-order valence-corrected chi connectivity index (χ0v) is 20.4. The van der Waals surface area contributed by atoms with Gasteiger partial charge in [0.05, 0.1) is 19.7 Å². The first-order chi connectivity index (χ1) is 17.8. The van der Waals surface area contributed by atoms with Gasteiger partial charge in [0.1, 0.15) is 11.8 Å². The van der Waals surface area contributed by atoms with E-state index in [1.165, 1.54) is 0 Å². The lowest BCUT2D eigenvalue weighted by Gasteiger charge is -2.20. The van der Waals surface area contributed by atoms with E-state index in [9.17, 15) is 19.2 Å². The number of carbonyl (C=O) groups excluding carboxylic acids is 3. The zero-order valence-electron chi connectivity index (χ0n) is 20.4. The normalized spacial score (nSPS) is 12.3. The maximum absolute atomic E-state index is 13.3. The minimum Gasteiger partial charge on any atom is -0.496 e. The molecular weight excluding hydrogens is 476 g/mol. The van der Waals surface area contributed by atoms with E-state index in [-0.39, 0.29) is 19.3 Å². The largest absolute Gasteiger partial charge is 0.496 e. The van der Waals surface area contributed by atoms with Crippen LogP contribution < -0.4 is 26.4 Å². The van der Waals surface area contributed by atoms with Gasteiger partial charge in [0.15, 0.2) is 0 Å². The van der Waals surface area contributed by atoms with Gasteiger partial charge in [-0.3, -0.25) is 19.2 Å². The van der Waals surface area contributed by atoms with Gasteiger partial charge < -0.3 is 31.5 Å². The van der Waals surface area contributed by atoms with Crippen LogP contribution in [-0.4, -0.2) is 54.5 Å². The molecule has 0 saturated heterocycles. The highest BCUT2D eigenvalue weighted by Crippen LogP contribution is 2.29. The van der Waals surface area contributed by atoms with Crippen LogP contribution in [0, 0.1) is 0 Å². The van der Waals surface area contributed by atoms with E-state index in [1.807, 2.05) is 60.7 Å². The molecule has 3 amide bonds. The van der Waals surface area contributed by atoms with Crippen molar-refractivity contribution >= 4 is 40.2 Å². The highest BCUT2D eigenvalue weighted by atomic mass is 16.5. The van der Waals surface area contributed by atoms with Crippen molar-refractivity contribution in [2.75, 3.05) is 19.0 Å². The molecule has 0 bridgehead atoms. The number of fused-ring (bicyclic) bond motifs is 1. The molecule has 2 atom stereocenters. The van der Waals surface area contributed by atoms with Crippen molar-refractivity contribution in [2.24, 2.45) is 5.73 Å². The maximum atomic E-state index is 13.3. The molecule has 2 unspecified atom stereocenters. The summed E-state index contributed by atoms with van der Waals surface area (Å²) in [4.78, 5) is 48.6. The lowest BCUT2D eigenvalue weighted by molar-refractivity contribution is -0.137. The molecule has 0 aliphatic heterocycles. The molecule has 194 valence electrons. The molecule has 3 aromatic carbocycles. The fourth-order valence-electron chi connectivity index (χ4n) is 3.76. The molecule has 0 saturated carbocycles. The van der Waals surface area contributed by atoms with Crippen LogP contribution in [-0.2, 0) is 25.6 Å². The summed E-state index contributed by atoms with van der Waals surface area (Å²) < 4.78 is 5.47.